The fourth-order valence-corrected chi connectivity index (χ4v) is 2.10. The van der Waals surface area contributed by atoms with Crippen LogP contribution in [0, 0.1) is 0 Å². The standard InChI is InChI=1S/C17H18N2O2/c1-2-6-16(7-3-1)21-17-8-4-5-15(13-17)14-18-19-9-11-20-12-10-19/h1-8,13-14H,9-12H2. The Kier molecular flexibility index (Phi) is 4.49. The molecule has 1 aliphatic heterocycles. The second-order valence-electron chi connectivity index (χ2n) is 4.80. The molecule has 1 fully saturated rings. The summed E-state index contributed by atoms with van der Waals surface area (Å²) in [4.78, 5) is 0. The van der Waals surface area contributed by atoms with Gasteiger partial charge < -0.3 is 9.47 Å². The maximum atomic E-state index is 5.82. The fourth-order valence-electron chi connectivity index (χ4n) is 2.10. The monoisotopic (exact) mass is 282 g/mol. The van der Waals surface area contributed by atoms with E-state index in [0.29, 0.717) is 0 Å². The van der Waals surface area contributed by atoms with Gasteiger partial charge in [-0.2, -0.15) is 5.10 Å². The van der Waals surface area contributed by atoms with Crippen molar-refractivity contribution in [3.63, 3.8) is 0 Å². The first-order valence-electron chi connectivity index (χ1n) is 7.10. The summed E-state index contributed by atoms with van der Waals surface area (Å²) in [5.74, 6) is 1.65. The summed E-state index contributed by atoms with van der Waals surface area (Å²) >= 11 is 0. The first kappa shape index (κ1) is 13.6. The van der Waals surface area contributed by atoms with Gasteiger partial charge in [-0.25, -0.2) is 0 Å². The van der Waals surface area contributed by atoms with Crippen LogP contribution in [-0.4, -0.2) is 37.5 Å². The van der Waals surface area contributed by atoms with Gasteiger partial charge in [0, 0.05) is 0 Å². The van der Waals surface area contributed by atoms with Gasteiger partial charge in [0.1, 0.15) is 11.5 Å². The molecule has 0 bridgehead atoms. The Hall–Kier alpha value is -2.33. The molecule has 0 spiro atoms. The number of para-hydroxylation sites is 1. The molecule has 1 heterocycles. The molecule has 1 saturated heterocycles. The van der Waals surface area contributed by atoms with Crippen LogP contribution in [0.15, 0.2) is 59.7 Å². The Labute approximate surface area is 124 Å². The van der Waals surface area contributed by atoms with Gasteiger partial charge in [0.15, 0.2) is 0 Å². The molecule has 0 unspecified atom stereocenters. The highest BCUT2D eigenvalue weighted by Gasteiger charge is 2.06. The topological polar surface area (TPSA) is 34.1 Å². The normalized spacial score (nSPS) is 15.3. The van der Waals surface area contributed by atoms with Gasteiger partial charge in [-0.15, -0.1) is 0 Å². The third-order valence-corrected chi connectivity index (χ3v) is 3.19. The van der Waals surface area contributed by atoms with Gasteiger partial charge in [0.2, 0.25) is 0 Å². The molecule has 1 aliphatic rings. The number of benzene rings is 2. The molecule has 2 aromatic rings. The number of nitrogens with zero attached hydrogens (tertiary/aromatic N) is 2. The van der Waals surface area contributed by atoms with Gasteiger partial charge >= 0.3 is 0 Å². The van der Waals surface area contributed by atoms with E-state index < -0.39 is 0 Å². The van der Waals surface area contributed by atoms with Gasteiger partial charge in [0.05, 0.1) is 32.5 Å². The lowest BCUT2D eigenvalue weighted by molar-refractivity contribution is 0.0397. The quantitative estimate of drug-likeness (QED) is 0.808. The van der Waals surface area contributed by atoms with E-state index in [-0.39, 0.29) is 0 Å². The highest BCUT2D eigenvalue weighted by Crippen LogP contribution is 2.21. The second-order valence-corrected chi connectivity index (χ2v) is 4.80. The first-order valence-corrected chi connectivity index (χ1v) is 7.10. The largest absolute Gasteiger partial charge is 0.457 e. The van der Waals surface area contributed by atoms with Crippen molar-refractivity contribution in [2.45, 2.75) is 0 Å². The van der Waals surface area contributed by atoms with E-state index in [1.54, 1.807) is 0 Å². The van der Waals surface area contributed by atoms with Crippen molar-refractivity contribution in [2.24, 2.45) is 5.10 Å². The molecule has 0 radical (unpaired) electrons. The fraction of sp³-hybridized carbons (Fsp3) is 0.235. The molecule has 4 heteroatoms. The molecule has 4 nitrogen and oxygen atoms in total. The van der Waals surface area contributed by atoms with Crippen LogP contribution in [0.2, 0.25) is 0 Å². The predicted octanol–water partition coefficient (Wildman–Crippen LogP) is 3.15. The summed E-state index contributed by atoms with van der Waals surface area (Å²) in [6.45, 7) is 3.18. The van der Waals surface area contributed by atoms with Crippen molar-refractivity contribution in [1.29, 1.82) is 0 Å². The zero-order valence-corrected chi connectivity index (χ0v) is 11.8. The van der Waals surface area contributed by atoms with Crippen molar-refractivity contribution in [1.82, 2.24) is 5.01 Å². The molecule has 0 N–H and O–H groups in total. The van der Waals surface area contributed by atoms with Gasteiger partial charge in [-0.05, 0) is 29.8 Å². The number of rotatable bonds is 4. The van der Waals surface area contributed by atoms with Crippen LogP contribution in [0.5, 0.6) is 11.5 Å². The van der Waals surface area contributed by atoms with E-state index in [0.717, 1.165) is 43.4 Å². The average Bonchev–Trinajstić information content (AvgIpc) is 2.55. The van der Waals surface area contributed by atoms with E-state index in [1.807, 2.05) is 65.8 Å². The molecule has 0 aromatic heterocycles. The number of hydrazone groups is 1. The minimum atomic E-state index is 0.745. The molecule has 108 valence electrons. The molecule has 0 saturated carbocycles. The van der Waals surface area contributed by atoms with Gasteiger partial charge in [0.25, 0.3) is 0 Å². The minimum Gasteiger partial charge on any atom is -0.457 e. The average molecular weight is 282 g/mol. The number of morpholine rings is 1. The summed E-state index contributed by atoms with van der Waals surface area (Å²) in [6.07, 6.45) is 1.86. The van der Waals surface area contributed by atoms with Crippen LogP contribution < -0.4 is 4.74 Å². The molecular weight excluding hydrogens is 264 g/mol. The Morgan fingerprint density at radius 2 is 1.71 bits per heavy atom. The maximum Gasteiger partial charge on any atom is 0.128 e. The summed E-state index contributed by atoms with van der Waals surface area (Å²) in [7, 11) is 0. The van der Waals surface area contributed by atoms with Crippen LogP contribution in [0.3, 0.4) is 0 Å². The molecule has 0 aliphatic carbocycles. The molecule has 3 rings (SSSR count). The Balaban J connectivity index is 1.66. The smallest absolute Gasteiger partial charge is 0.128 e. The Morgan fingerprint density at radius 1 is 0.952 bits per heavy atom. The lowest BCUT2D eigenvalue weighted by Crippen LogP contribution is -2.32. The lowest BCUT2D eigenvalue weighted by atomic mass is 10.2. The van der Waals surface area contributed by atoms with Crippen molar-refractivity contribution in [3.05, 3.63) is 60.2 Å². The summed E-state index contributed by atoms with van der Waals surface area (Å²) in [5.41, 5.74) is 1.02. The van der Waals surface area contributed by atoms with Crippen LogP contribution in [-0.2, 0) is 4.74 Å². The van der Waals surface area contributed by atoms with Crippen molar-refractivity contribution in [2.75, 3.05) is 26.3 Å². The number of hydrogen-bond acceptors (Lipinski definition) is 4. The highest BCUT2D eigenvalue weighted by atomic mass is 16.5. The Bertz CT molecular complexity index is 593. The van der Waals surface area contributed by atoms with E-state index in [9.17, 15) is 0 Å². The molecule has 21 heavy (non-hydrogen) atoms. The molecule has 0 atom stereocenters. The third-order valence-electron chi connectivity index (χ3n) is 3.19. The van der Waals surface area contributed by atoms with E-state index in [1.165, 1.54) is 0 Å². The number of ether oxygens (including phenoxy) is 2. The second kappa shape index (κ2) is 6.90. The Morgan fingerprint density at radius 3 is 2.52 bits per heavy atom. The maximum absolute atomic E-state index is 5.82. The highest BCUT2D eigenvalue weighted by molar-refractivity contribution is 5.80. The lowest BCUT2D eigenvalue weighted by Gasteiger charge is -2.23. The molecular formula is C17H18N2O2. The van der Waals surface area contributed by atoms with Crippen LogP contribution in [0.25, 0.3) is 0 Å². The summed E-state index contributed by atoms with van der Waals surface area (Å²) in [6, 6.07) is 17.7. The van der Waals surface area contributed by atoms with Crippen molar-refractivity contribution >= 4 is 6.21 Å². The SMILES string of the molecule is C(=NN1CCOCC1)c1cccc(Oc2ccccc2)c1. The van der Waals surface area contributed by atoms with E-state index in [4.69, 9.17) is 9.47 Å². The van der Waals surface area contributed by atoms with Crippen LogP contribution in [0.4, 0.5) is 0 Å². The van der Waals surface area contributed by atoms with Crippen molar-refractivity contribution < 1.29 is 9.47 Å². The van der Waals surface area contributed by atoms with Gasteiger partial charge in [-0.1, -0.05) is 30.3 Å². The van der Waals surface area contributed by atoms with E-state index >= 15 is 0 Å². The summed E-state index contributed by atoms with van der Waals surface area (Å²) in [5, 5.41) is 6.50. The zero-order chi connectivity index (χ0) is 14.3. The number of hydrogen-bond donors (Lipinski definition) is 0. The predicted molar refractivity (Wildman–Crippen MR) is 82.9 cm³/mol. The minimum absolute atomic E-state index is 0.745. The van der Waals surface area contributed by atoms with Crippen LogP contribution in [0.1, 0.15) is 5.56 Å². The van der Waals surface area contributed by atoms with E-state index in [2.05, 4.69) is 5.10 Å². The van der Waals surface area contributed by atoms with Gasteiger partial charge in [-0.3, -0.25) is 5.01 Å². The van der Waals surface area contributed by atoms with Crippen LogP contribution >= 0.6 is 0 Å². The first-order chi connectivity index (χ1) is 10.4. The zero-order valence-electron chi connectivity index (χ0n) is 11.8. The molecule has 0 amide bonds. The van der Waals surface area contributed by atoms with Crippen molar-refractivity contribution in [3.8, 4) is 11.5 Å². The third kappa shape index (κ3) is 4.07. The molecule has 2 aromatic carbocycles. The summed E-state index contributed by atoms with van der Waals surface area (Å²) < 4.78 is 11.1.